The van der Waals surface area contributed by atoms with Crippen LogP contribution in [-0.4, -0.2) is 30.2 Å². The van der Waals surface area contributed by atoms with Gasteiger partial charge in [0.25, 0.3) is 5.56 Å². The van der Waals surface area contributed by atoms with E-state index < -0.39 is 5.97 Å². The molecule has 0 bridgehead atoms. The van der Waals surface area contributed by atoms with Crippen LogP contribution >= 0.6 is 0 Å². The molecule has 0 aromatic carbocycles. The maximum Gasteiger partial charge on any atom is 0.305 e. The average Bonchev–Trinajstić information content (AvgIpc) is 2.71. The van der Waals surface area contributed by atoms with Crippen molar-refractivity contribution in [3.63, 3.8) is 0 Å². The van der Waals surface area contributed by atoms with Gasteiger partial charge in [0, 0.05) is 25.4 Å². The average molecular weight is 236 g/mol. The van der Waals surface area contributed by atoms with Gasteiger partial charge in [-0.05, 0) is 0 Å². The lowest BCUT2D eigenvalue weighted by molar-refractivity contribution is -0.137. The molecule has 2 rings (SSSR count). The molecule has 0 aliphatic rings. The number of aliphatic carboxylic acids is 1. The Morgan fingerprint density at radius 1 is 1.41 bits per heavy atom. The summed E-state index contributed by atoms with van der Waals surface area (Å²) >= 11 is 0. The summed E-state index contributed by atoms with van der Waals surface area (Å²) < 4.78 is 2.96. The summed E-state index contributed by atoms with van der Waals surface area (Å²) in [5.41, 5.74) is -0.0873. The van der Waals surface area contributed by atoms with E-state index in [0.717, 1.165) is 0 Å². The number of aryl methyl sites for hydroxylation is 2. The van der Waals surface area contributed by atoms with Crippen LogP contribution in [0.15, 0.2) is 17.2 Å². The molecule has 0 amide bonds. The highest BCUT2D eigenvalue weighted by Gasteiger charge is 2.09. The molecule has 7 heteroatoms. The molecule has 2 heterocycles. The van der Waals surface area contributed by atoms with E-state index in [2.05, 4.69) is 10.2 Å². The molecule has 0 spiro atoms. The summed E-state index contributed by atoms with van der Waals surface area (Å²) in [5, 5.41) is 16.3. The number of carboxylic acids is 1. The lowest BCUT2D eigenvalue weighted by Crippen LogP contribution is -2.23. The Morgan fingerprint density at radius 3 is 2.82 bits per heavy atom. The molecule has 1 N–H and O–H groups in total. The summed E-state index contributed by atoms with van der Waals surface area (Å²) in [6.07, 6.45) is 3.82. The lowest BCUT2D eigenvalue weighted by atomic mass is 10.4. The zero-order valence-electron chi connectivity index (χ0n) is 9.33. The lowest BCUT2D eigenvalue weighted by Gasteiger charge is -2.03. The summed E-state index contributed by atoms with van der Waals surface area (Å²) in [6, 6.07) is 0. The molecule has 0 unspecified atom stereocenters. The number of aromatic nitrogens is 4. The maximum absolute atomic E-state index is 11.9. The molecule has 90 valence electrons. The van der Waals surface area contributed by atoms with Crippen molar-refractivity contribution in [3.8, 4) is 0 Å². The quantitative estimate of drug-likeness (QED) is 0.802. The van der Waals surface area contributed by atoms with E-state index in [1.807, 2.05) is 6.92 Å². The van der Waals surface area contributed by atoms with E-state index in [1.54, 1.807) is 16.8 Å². The largest absolute Gasteiger partial charge is 0.481 e. The highest BCUT2D eigenvalue weighted by atomic mass is 16.4. The minimum absolute atomic E-state index is 0.0924. The maximum atomic E-state index is 11.9. The Balaban J connectivity index is 2.44. The zero-order chi connectivity index (χ0) is 12.4. The molecule has 0 aliphatic carbocycles. The van der Waals surface area contributed by atoms with Crippen LogP contribution in [0.3, 0.4) is 0 Å². The van der Waals surface area contributed by atoms with Crippen molar-refractivity contribution < 1.29 is 9.90 Å². The van der Waals surface area contributed by atoms with Crippen molar-refractivity contribution in [1.29, 1.82) is 0 Å². The molecular formula is C10H12N4O3. The SMILES string of the molecule is CCc1nnc2c(=O)n(CCC(=O)O)ccn12. The van der Waals surface area contributed by atoms with E-state index in [4.69, 9.17) is 5.11 Å². The third-order valence-electron chi connectivity index (χ3n) is 2.50. The number of nitrogens with zero attached hydrogens (tertiary/aromatic N) is 4. The van der Waals surface area contributed by atoms with Gasteiger partial charge in [0.15, 0.2) is 0 Å². The van der Waals surface area contributed by atoms with Gasteiger partial charge in [-0.3, -0.25) is 14.0 Å². The normalized spacial score (nSPS) is 10.9. The van der Waals surface area contributed by atoms with Crippen LogP contribution in [0.25, 0.3) is 5.65 Å². The molecule has 2 aromatic rings. The Labute approximate surface area is 96.3 Å². The van der Waals surface area contributed by atoms with Gasteiger partial charge in [-0.15, -0.1) is 10.2 Å². The van der Waals surface area contributed by atoms with Crippen LogP contribution in [0.1, 0.15) is 19.2 Å². The van der Waals surface area contributed by atoms with Crippen molar-refractivity contribution >= 4 is 11.6 Å². The first-order chi connectivity index (χ1) is 8.13. The minimum atomic E-state index is -0.938. The van der Waals surface area contributed by atoms with Crippen LogP contribution in [0.5, 0.6) is 0 Å². The molecule has 0 saturated heterocycles. The smallest absolute Gasteiger partial charge is 0.305 e. The first-order valence-electron chi connectivity index (χ1n) is 5.28. The summed E-state index contributed by atoms with van der Waals surface area (Å²) in [5.74, 6) is -0.227. The fourth-order valence-corrected chi connectivity index (χ4v) is 1.60. The minimum Gasteiger partial charge on any atom is -0.481 e. The fourth-order valence-electron chi connectivity index (χ4n) is 1.60. The van der Waals surface area contributed by atoms with E-state index in [9.17, 15) is 9.59 Å². The second-order valence-corrected chi connectivity index (χ2v) is 3.60. The number of carbonyl (C=O) groups is 1. The fraction of sp³-hybridized carbons (Fsp3) is 0.400. The zero-order valence-corrected chi connectivity index (χ0v) is 9.33. The van der Waals surface area contributed by atoms with Gasteiger partial charge in [-0.25, -0.2) is 0 Å². The number of carboxylic acid groups (broad SMARTS) is 1. The number of fused-ring (bicyclic) bond motifs is 1. The van der Waals surface area contributed by atoms with E-state index in [-0.39, 0.29) is 24.2 Å². The molecule has 17 heavy (non-hydrogen) atoms. The van der Waals surface area contributed by atoms with E-state index in [0.29, 0.717) is 12.2 Å². The standard InChI is InChI=1S/C10H12N4O3/c1-2-7-11-12-9-10(17)13(4-3-8(15)16)5-6-14(7)9/h5-6H,2-4H2,1H3,(H,15,16). The van der Waals surface area contributed by atoms with E-state index in [1.165, 1.54) is 4.57 Å². The van der Waals surface area contributed by atoms with Gasteiger partial charge in [-0.2, -0.15) is 0 Å². The van der Waals surface area contributed by atoms with Gasteiger partial charge in [-0.1, -0.05) is 6.92 Å². The van der Waals surface area contributed by atoms with Crippen molar-refractivity contribution in [3.05, 3.63) is 28.6 Å². The topological polar surface area (TPSA) is 89.5 Å². The third-order valence-corrected chi connectivity index (χ3v) is 2.50. The second-order valence-electron chi connectivity index (χ2n) is 3.60. The Morgan fingerprint density at radius 2 is 2.18 bits per heavy atom. The highest BCUT2D eigenvalue weighted by Crippen LogP contribution is 1.99. The van der Waals surface area contributed by atoms with Gasteiger partial charge >= 0.3 is 5.97 Å². The second kappa shape index (κ2) is 4.36. The number of hydrogen-bond acceptors (Lipinski definition) is 4. The molecule has 0 fully saturated rings. The molecule has 2 aromatic heterocycles. The summed E-state index contributed by atoms with van der Waals surface area (Å²) in [7, 11) is 0. The van der Waals surface area contributed by atoms with E-state index >= 15 is 0 Å². The Hall–Kier alpha value is -2.18. The molecule has 0 saturated carbocycles. The summed E-state index contributed by atoms with van der Waals surface area (Å²) in [4.78, 5) is 22.4. The van der Waals surface area contributed by atoms with Crippen LogP contribution in [0.2, 0.25) is 0 Å². The molecule has 0 aliphatic heterocycles. The monoisotopic (exact) mass is 236 g/mol. The highest BCUT2D eigenvalue weighted by molar-refractivity contribution is 5.66. The number of rotatable bonds is 4. The van der Waals surface area contributed by atoms with Crippen molar-refractivity contribution in [2.24, 2.45) is 0 Å². The van der Waals surface area contributed by atoms with Crippen molar-refractivity contribution in [2.45, 2.75) is 26.3 Å². The van der Waals surface area contributed by atoms with Gasteiger partial charge in [0.1, 0.15) is 5.82 Å². The third kappa shape index (κ3) is 2.03. The Kier molecular flexibility index (Phi) is 2.90. The predicted octanol–water partition coefficient (Wildman–Crippen LogP) is -0.0719. The summed E-state index contributed by atoms with van der Waals surface area (Å²) in [6.45, 7) is 2.06. The van der Waals surface area contributed by atoms with Crippen LogP contribution in [0.4, 0.5) is 0 Å². The van der Waals surface area contributed by atoms with Gasteiger partial charge in [0.2, 0.25) is 5.65 Å². The molecule has 7 nitrogen and oxygen atoms in total. The molecule has 0 atom stereocenters. The first-order valence-corrected chi connectivity index (χ1v) is 5.28. The Bertz CT molecular complexity index is 614. The molecular weight excluding hydrogens is 224 g/mol. The van der Waals surface area contributed by atoms with Crippen LogP contribution < -0.4 is 5.56 Å². The first kappa shape index (κ1) is 11.3. The van der Waals surface area contributed by atoms with Gasteiger partial charge < -0.3 is 9.67 Å². The van der Waals surface area contributed by atoms with Crippen molar-refractivity contribution in [1.82, 2.24) is 19.2 Å². The van der Waals surface area contributed by atoms with Gasteiger partial charge in [0.05, 0.1) is 6.42 Å². The van der Waals surface area contributed by atoms with Crippen molar-refractivity contribution in [2.75, 3.05) is 0 Å². The molecule has 0 radical (unpaired) electrons. The predicted molar refractivity (Wildman–Crippen MR) is 58.9 cm³/mol. The number of hydrogen-bond donors (Lipinski definition) is 1. The van der Waals surface area contributed by atoms with Crippen LogP contribution in [0, 0.1) is 0 Å². The van der Waals surface area contributed by atoms with Crippen LogP contribution in [-0.2, 0) is 17.8 Å².